The molecule has 0 aliphatic heterocycles. The van der Waals surface area contributed by atoms with Crippen molar-refractivity contribution < 1.29 is 38.2 Å². The topological polar surface area (TPSA) is 9.23 Å². The van der Waals surface area contributed by atoms with Gasteiger partial charge in [-0.1, -0.05) is 0 Å². The van der Waals surface area contributed by atoms with Crippen LogP contribution in [0.25, 0.3) is 0 Å². The largest absolute Gasteiger partial charge is 0.423 e. The standard InChI is InChI=1S/C4H3F7O/c5-1-12-2(3(6,7)8)4(9,10)11/h2H,1H2/i1D2. The molecule has 0 aromatic carbocycles. The summed E-state index contributed by atoms with van der Waals surface area (Å²) in [5.74, 6) is 0. The van der Waals surface area contributed by atoms with E-state index >= 15 is 0 Å². The van der Waals surface area contributed by atoms with Crippen molar-refractivity contribution in [3.8, 4) is 0 Å². The Hall–Kier alpha value is -0.530. The minimum Gasteiger partial charge on any atom is -0.329 e. The molecule has 0 bridgehead atoms. The van der Waals surface area contributed by atoms with Crippen LogP contribution in [0.5, 0.6) is 0 Å². The Labute approximate surface area is 64.9 Å². The van der Waals surface area contributed by atoms with Gasteiger partial charge in [0.05, 0.1) is 2.74 Å². The SMILES string of the molecule is [2H]C([2H])(F)OC(C(F)(F)F)C(F)(F)F. The van der Waals surface area contributed by atoms with Gasteiger partial charge in [0.2, 0.25) is 0 Å². The maximum atomic E-state index is 11.8. The second kappa shape index (κ2) is 3.46. The predicted molar refractivity (Wildman–Crippen MR) is 23.0 cm³/mol. The van der Waals surface area contributed by atoms with Gasteiger partial charge in [-0.3, -0.25) is 0 Å². The van der Waals surface area contributed by atoms with E-state index in [4.69, 9.17) is 2.74 Å². The molecule has 0 amide bonds. The van der Waals surface area contributed by atoms with Gasteiger partial charge in [-0.25, -0.2) is 4.39 Å². The van der Waals surface area contributed by atoms with E-state index in [1.807, 2.05) is 0 Å². The van der Waals surface area contributed by atoms with Crippen molar-refractivity contribution >= 4 is 0 Å². The van der Waals surface area contributed by atoms with Gasteiger partial charge in [0.15, 0.2) is 6.81 Å². The summed E-state index contributed by atoms with van der Waals surface area (Å²) in [6, 6.07) is 0. The van der Waals surface area contributed by atoms with Crippen LogP contribution in [0.1, 0.15) is 2.74 Å². The third-order valence-electron chi connectivity index (χ3n) is 0.757. The molecular formula is C4H3F7O. The monoisotopic (exact) mass is 202 g/mol. The number of hydrogen-bond acceptors (Lipinski definition) is 1. The van der Waals surface area contributed by atoms with Gasteiger partial charge >= 0.3 is 12.4 Å². The zero-order valence-corrected chi connectivity index (χ0v) is 5.13. The van der Waals surface area contributed by atoms with Crippen LogP contribution in [0.2, 0.25) is 0 Å². The minimum absolute atomic E-state index is 2.58. The van der Waals surface area contributed by atoms with Gasteiger partial charge < -0.3 is 4.74 Å². The summed E-state index contributed by atoms with van der Waals surface area (Å²) in [6.45, 7) is -4.50. The Bertz CT molecular complexity index is 177. The lowest BCUT2D eigenvalue weighted by atomic mass is 10.3. The third kappa shape index (κ3) is 3.24. The zero-order valence-electron chi connectivity index (χ0n) is 7.13. The molecule has 0 N–H and O–H groups in total. The van der Waals surface area contributed by atoms with Crippen LogP contribution in [0.3, 0.4) is 0 Å². The molecule has 8 heteroatoms. The highest BCUT2D eigenvalue weighted by atomic mass is 19.4. The quantitative estimate of drug-likeness (QED) is 0.625. The van der Waals surface area contributed by atoms with Gasteiger partial charge in [-0.2, -0.15) is 26.3 Å². The highest BCUT2D eigenvalue weighted by Gasteiger charge is 2.58. The molecule has 0 saturated carbocycles. The maximum Gasteiger partial charge on any atom is 0.423 e. The first-order valence-electron chi connectivity index (χ1n) is 3.34. The minimum atomic E-state index is -5.92. The fourth-order valence-corrected chi connectivity index (χ4v) is 0.364. The van der Waals surface area contributed by atoms with E-state index in [-0.39, 0.29) is 0 Å². The van der Waals surface area contributed by atoms with E-state index in [9.17, 15) is 30.7 Å². The summed E-state index contributed by atoms with van der Waals surface area (Å²) in [7, 11) is 0. The van der Waals surface area contributed by atoms with Crippen molar-refractivity contribution in [3.05, 3.63) is 0 Å². The van der Waals surface area contributed by atoms with Gasteiger partial charge in [-0.05, 0) is 0 Å². The molecule has 0 aromatic rings. The average Bonchev–Trinajstić information content (AvgIpc) is 1.75. The Morgan fingerprint density at radius 1 is 1.08 bits per heavy atom. The molecule has 0 rings (SSSR count). The molecule has 0 fully saturated rings. The second-order valence-electron chi connectivity index (χ2n) is 1.66. The predicted octanol–water partition coefficient (Wildman–Crippen LogP) is 2.42. The van der Waals surface area contributed by atoms with E-state index in [0.717, 1.165) is 0 Å². The molecule has 0 unspecified atom stereocenters. The summed E-state index contributed by atoms with van der Waals surface area (Å²) in [4.78, 5) is 0. The molecule has 0 aliphatic carbocycles. The maximum absolute atomic E-state index is 11.8. The summed E-state index contributed by atoms with van der Waals surface area (Å²) < 4.78 is 95.4. The smallest absolute Gasteiger partial charge is 0.329 e. The average molecular weight is 202 g/mol. The van der Waals surface area contributed by atoms with Crippen LogP contribution in [0.4, 0.5) is 30.7 Å². The first kappa shape index (κ1) is 8.09. The van der Waals surface area contributed by atoms with Crippen LogP contribution in [0.15, 0.2) is 0 Å². The zero-order chi connectivity index (χ0) is 11.8. The summed E-state index contributed by atoms with van der Waals surface area (Å²) in [5, 5.41) is 0. The van der Waals surface area contributed by atoms with Gasteiger partial charge in [0, 0.05) is 0 Å². The number of ether oxygens (including phenoxy) is 1. The van der Waals surface area contributed by atoms with Crippen molar-refractivity contribution in [1.29, 1.82) is 0 Å². The molecular weight excluding hydrogens is 197 g/mol. The van der Waals surface area contributed by atoms with Crippen molar-refractivity contribution in [2.45, 2.75) is 18.5 Å². The van der Waals surface area contributed by atoms with Crippen molar-refractivity contribution in [2.75, 3.05) is 6.81 Å². The molecule has 0 spiro atoms. The third-order valence-corrected chi connectivity index (χ3v) is 0.757. The lowest BCUT2D eigenvalue weighted by molar-refractivity contribution is -0.327. The highest BCUT2D eigenvalue weighted by molar-refractivity contribution is 4.75. The molecule has 0 atom stereocenters. The van der Waals surface area contributed by atoms with Crippen molar-refractivity contribution in [1.82, 2.24) is 0 Å². The molecule has 0 radical (unpaired) electrons. The second-order valence-corrected chi connectivity index (χ2v) is 1.66. The fraction of sp³-hybridized carbons (Fsp3) is 1.00. The Morgan fingerprint density at radius 2 is 1.42 bits per heavy atom. The first-order chi connectivity index (χ1) is 5.84. The van der Waals surface area contributed by atoms with E-state index in [0.29, 0.717) is 0 Å². The van der Waals surface area contributed by atoms with E-state index in [1.165, 1.54) is 0 Å². The van der Waals surface area contributed by atoms with Crippen LogP contribution >= 0.6 is 0 Å². The fourth-order valence-electron chi connectivity index (χ4n) is 0.364. The lowest BCUT2D eigenvalue weighted by Crippen LogP contribution is -2.44. The lowest BCUT2D eigenvalue weighted by Gasteiger charge is -2.21. The molecule has 0 saturated heterocycles. The molecule has 12 heavy (non-hydrogen) atoms. The molecule has 0 aliphatic rings. The summed E-state index contributed by atoms with van der Waals surface area (Å²) in [6.07, 6.45) is -16.3. The van der Waals surface area contributed by atoms with Crippen LogP contribution in [0, 0.1) is 0 Å². The summed E-state index contributed by atoms with van der Waals surface area (Å²) in [5.41, 5.74) is 0. The van der Waals surface area contributed by atoms with E-state index in [1.54, 1.807) is 0 Å². The number of hydrogen-bond donors (Lipinski definition) is 0. The highest BCUT2D eigenvalue weighted by Crippen LogP contribution is 2.35. The van der Waals surface area contributed by atoms with Crippen LogP contribution in [-0.4, -0.2) is 25.3 Å². The molecule has 0 aromatic heterocycles. The van der Waals surface area contributed by atoms with Gasteiger partial charge in [0.25, 0.3) is 6.10 Å². The molecule has 0 heterocycles. The number of rotatable bonds is 2. The van der Waals surface area contributed by atoms with Gasteiger partial charge in [0.1, 0.15) is 0 Å². The van der Waals surface area contributed by atoms with E-state index in [2.05, 4.69) is 4.74 Å². The molecule has 1 nitrogen and oxygen atoms in total. The Kier molecular flexibility index (Phi) is 2.33. The van der Waals surface area contributed by atoms with Crippen LogP contribution in [-0.2, 0) is 4.74 Å². The van der Waals surface area contributed by atoms with Crippen LogP contribution < -0.4 is 0 Å². The van der Waals surface area contributed by atoms with Gasteiger partial charge in [-0.15, -0.1) is 0 Å². The summed E-state index contributed by atoms with van der Waals surface area (Å²) >= 11 is 0. The number of alkyl halides is 7. The number of halogens is 7. The molecule has 74 valence electrons. The Morgan fingerprint density at radius 3 is 1.50 bits per heavy atom. The van der Waals surface area contributed by atoms with Crippen molar-refractivity contribution in [2.24, 2.45) is 0 Å². The van der Waals surface area contributed by atoms with Crippen molar-refractivity contribution in [3.63, 3.8) is 0 Å². The Balaban J connectivity index is 4.78. The van der Waals surface area contributed by atoms with E-state index < -0.39 is 25.3 Å². The first-order valence-corrected chi connectivity index (χ1v) is 2.34. The normalized spacial score (nSPS) is 17.7.